The second-order valence-corrected chi connectivity index (χ2v) is 15.5. The van der Waals surface area contributed by atoms with Gasteiger partial charge >= 0.3 is 23.9 Å². The Hall–Kier alpha value is -5.08. The number of ether oxygens (including phenoxy) is 4. The topological polar surface area (TPSA) is 223 Å². The molecule has 0 radical (unpaired) electrons. The van der Waals surface area contributed by atoms with Crippen LogP contribution in [0, 0.1) is 0 Å². The maximum atomic E-state index is 14.4. The van der Waals surface area contributed by atoms with E-state index in [1.165, 1.54) is 60.7 Å². The molecule has 1 fully saturated rings. The van der Waals surface area contributed by atoms with Crippen LogP contribution in [0.15, 0.2) is 97.1 Å². The lowest BCUT2D eigenvalue weighted by molar-refractivity contribution is -0.115. The molecule has 320 valence electrons. The second-order valence-electron chi connectivity index (χ2n) is 13.0. The van der Waals surface area contributed by atoms with E-state index in [9.17, 15) is 37.9 Å². The molecule has 0 saturated carbocycles. The minimum absolute atomic E-state index is 0.00347. The number of aldehydes is 1. The van der Waals surface area contributed by atoms with Crippen molar-refractivity contribution in [2.45, 2.75) is 66.5 Å². The maximum Gasteiger partial charge on any atom is 0.338 e. The van der Waals surface area contributed by atoms with E-state index in [-0.39, 0.29) is 68.2 Å². The second kappa shape index (κ2) is 23.6. The van der Waals surface area contributed by atoms with Crippen molar-refractivity contribution in [3.8, 4) is 0 Å². The van der Waals surface area contributed by atoms with Crippen molar-refractivity contribution in [3.05, 3.63) is 142 Å². The predicted molar refractivity (Wildman–Crippen MR) is 214 cm³/mol. The van der Waals surface area contributed by atoms with Crippen molar-refractivity contribution in [2.75, 3.05) is 13.2 Å². The van der Waals surface area contributed by atoms with Gasteiger partial charge in [0.2, 0.25) is 0 Å². The Morgan fingerprint density at radius 2 is 1.03 bits per heavy atom. The Balaban J connectivity index is 0.000000265. The van der Waals surface area contributed by atoms with E-state index in [2.05, 4.69) is 15.9 Å². The molecule has 1 aliphatic heterocycles. The molecule has 7 atom stereocenters. The van der Waals surface area contributed by atoms with E-state index in [1.54, 1.807) is 36.4 Å². The molecule has 1 aliphatic rings. The van der Waals surface area contributed by atoms with Gasteiger partial charge in [-0.25, -0.2) is 28.0 Å². The van der Waals surface area contributed by atoms with Crippen LogP contribution >= 0.6 is 27.7 Å². The molecule has 5 N–H and O–H groups in total. The minimum atomic E-state index is -2.14. The van der Waals surface area contributed by atoms with Crippen molar-refractivity contribution in [1.29, 1.82) is 0 Å². The number of aliphatic hydroxyl groups is 5. The Labute approximate surface area is 355 Å². The summed E-state index contributed by atoms with van der Waals surface area (Å²) in [4.78, 5) is 58.9. The van der Waals surface area contributed by atoms with E-state index in [0.29, 0.717) is 22.3 Å². The zero-order valence-corrected chi connectivity index (χ0v) is 34.0. The van der Waals surface area contributed by atoms with Crippen molar-refractivity contribution >= 4 is 57.9 Å². The number of esters is 4. The first-order chi connectivity index (χ1) is 28.8. The van der Waals surface area contributed by atoms with Crippen LogP contribution in [-0.4, -0.2) is 109 Å². The van der Waals surface area contributed by atoms with Crippen LogP contribution in [0.3, 0.4) is 0 Å². The highest BCUT2D eigenvalue weighted by atomic mass is 79.9. The van der Waals surface area contributed by atoms with Gasteiger partial charge in [0.15, 0.2) is 30.8 Å². The van der Waals surface area contributed by atoms with Crippen molar-refractivity contribution in [3.63, 3.8) is 0 Å². The summed E-state index contributed by atoms with van der Waals surface area (Å²) in [6.45, 7) is -1.32. The predicted octanol–water partition coefficient (Wildman–Crippen LogP) is 4.18. The van der Waals surface area contributed by atoms with Gasteiger partial charge in [-0.2, -0.15) is 0 Å². The van der Waals surface area contributed by atoms with Crippen LogP contribution in [0.25, 0.3) is 0 Å². The Bertz CT molecular complexity index is 2020. The molecule has 60 heavy (non-hydrogen) atoms. The Morgan fingerprint density at radius 1 is 0.650 bits per heavy atom. The van der Waals surface area contributed by atoms with Gasteiger partial charge in [0.1, 0.15) is 18.6 Å². The van der Waals surface area contributed by atoms with Gasteiger partial charge in [0, 0.05) is 0 Å². The molecular formula is C42H41BrF2O14S. The van der Waals surface area contributed by atoms with E-state index >= 15 is 0 Å². The number of hydrogen-bond acceptors (Lipinski definition) is 15. The van der Waals surface area contributed by atoms with Gasteiger partial charge in [0.05, 0.1) is 58.8 Å². The quantitative estimate of drug-likeness (QED) is 0.0434. The lowest BCUT2D eigenvalue weighted by Gasteiger charge is -2.23. The third kappa shape index (κ3) is 13.5. The summed E-state index contributed by atoms with van der Waals surface area (Å²) in [5.41, 5.74) is 1.79. The molecule has 1 heterocycles. The number of hydrogen-bond donors (Lipinski definition) is 5. The average Bonchev–Trinajstić information content (AvgIpc) is 3.56. The number of alkyl halides is 3. The molecule has 14 nitrogen and oxygen atoms in total. The van der Waals surface area contributed by atoms with Gasteiger partial charge in [0.25, 0.3) is 0 Å². The summed E-state index contributed by atoms with van der Waals surface area (Å²) >= 11 is 3.94. The van der Waals surface area contributed by atoms with Crippen LogP contribution < -0.4 is 0 Å². The number of halogens is 3. The number of carbonyl (C=O) groups excluding carboxylic acids is 5. The summed E-state index contributed by atoms with van der Waals surface area (Å²) in [7, 11) is 0. The SMILES string of the molecule is O=C(OC[C@H]1SC(O)[C@@H](F)[C@@H]1OC(=O)c1ccc(CO)cc1)c1ccc(CO)cc1.O=C[C@@H](F)[C@H](OC(=O)c1ccc(CO)cc1)[C@@H](Br)COC(=O)c1ccc(CO)cc1. The van der Waals surface area contributed by atoms with Crippen LogP contribution in [0.1, 0.15) is 63.7 Å². The highest BCUT2D eigenvalue weighted by Gasteiger charge is 2.47. The van der Waals surface area contributed by atoms with Crippen molar-refractivity contribution < 1.29 is 77.2 Å². The third-order valence-corrected chi connectivity index (χ3v) is 10.9. The van der Waals surface area contributed by atoms with Gasteiger partial charge in [-0.05, 0) is 70.8 Å². The normalized spacial score (nSPS) is 18.5. The summed E-state index contributed by atoms with van der Waals surface area (Å²) in [6.07, 6.45) is -6.80. The molecule has 0 amide bonds. The first kappa shape index (κ1) is 47.6. The fraction of sp³-hybridized carbons (Fsp3) is 0.310. The fourth-order valence-electron chi connectivity index (χ4n) is 5.33. The molecular weight excluding hydrogens is 878 g/mol. The molecule has 1 unspecified atom stereocenters. The van der Waals surface area contributed by atoms with Crippen LogP contribution in [0.2, 0.25) is 0 Å². The highest BCUT2D eigenvalue weighted by Crippen LogP contribution is 2.37. The maximum absolute atomic E-state index is 14.4. The van der Waals surface area contributed by atoms with Crippen LogP contribution in [-0.2, 0) is 50.2 Å². The number of rotatable bonds is 17. The molecule has 0 spiro atoms. The van der Waals surface area contributed by atoms with Gasteiger partial charge in [-0.1, -0.05) is 64.5 Å². The van der Waals surface area contributed by atoms with Crippen LogP contribution in [0.5, 0.6) is 0 Å². The zero-order chi connectivity index (χ0) is 43.8. The average molecular weight is 920 g/mol. The molecule has 0 bridgehead atoms. The Morgan fingerprint density at radius 3 is 1.43 bits per heavy atom. The first-order valence-corrected chi connectivity index (χ1v) is 19.9. The fourth-order valence-corrected chi connectivity index (χ4v) is 7.03. The Kier molecular flexibility index (Phi) is 18.8. The number of thioether (sulfide) groups is 1. The summed E-state index contributed by atoms with van der Waals surface area (Å²) in [6, 6.07) is 24.0. The molecule has 0 aliphatic carbocycles. The largest absolute Gasteiger partial charge is 0.461 e. The molecule has 5 rings (SSSR count). The minimum Gasteiger partial charge on any atom is -0.461 e. The molecule has 4 aromatic rings. The number of aliphatic hydroxyl groups excluding tert-OH is 5. The van der Waals surface area contributed by atoms with Crippen molar-refractivity contribution in [1.82, 2.24) is 0 Å². The van der Waals surface area contributed by atoms with E-state index in [1.807, 2.05) is 0 Å². The van der Waals surface area contributed by atoms with E-state index in [0.717, 1.165) is 11.8 Å². The monoisotopic (exact) mass is 918 g/mol. The molecule has 0 aromatic heterocycles. The lowest BCUT2D eigenvalue weighted by atomic mass is 10.1. The highest BCUT2D eigenvalue weighted by molar-refractivity contribution is 9.09. The third-order valence-electron chi connectivity index (χ3n) is 8.79. The van der Waals surface area contributed by atoms with Gasteiger partial charge in [-0.15, -0.1) is 11.8 Å². The number of benzene rings is 4. The lowest BCUT2D eigenvalue weighted by Crippen LogP contribution is -2.39. The summed E-state index contributed by atoms with van der Waals surface area (Å²) < 4.78 is 49.2. The van der Waals surface area contributed by atoms with Crippen LogP contribution in [0.4, 0.5) is 8.78 Å². The number of carbonyl (C=O) groups is 5. The van der Waals surface area contributed by atoms with E-state index < -0.39 is 63.9 Å². The standard InChI is InChI=1S/C21H20BrFO7.C21H21FO7S/c22-17(12-29-20(27)15-5-1-13(9-24)2-6-15)19(18(23)11-26)30-21(28)16-7-3-14(10-25)4-8-16;22-17-18(29-20(26)15-7-3-13(10-24)4-8-15)16(30-21(17)27)11-28-19(25)14-5-1-12(9-23)2-6-14/h1-8,11,17-19,24-25H,9-10,12H2;1-8,16-18,21,23-24,27H,9-11H2/t17-,18+,19+;16-,17+,18-,21?/m01/s1. The zero-order valence-electron chi connectivity index (χ0n) is 31.6. The van der Waals surface area contributed by atoms with Gasteiger partial charge in [-0.3, -0.25) is 4.79 Å². The van der Waals surface area contributed by atoms with Gasteiger partial charge < -0.3 is 44.5 Å². The smallest absolute Gasteiger partial charge is 0.338 e. The summed E-state index contributed by atoms with van der Waals surface area (Å²) in [5, 5.41) is 45.2. The van der Waals surface area contributed by atoms with Crippen molar-refractivity contribution in [2.24, 2.45) is 0 Å². The molecule has 4 aromatic carbocycles. The summed E-state index contributed by atoms with van der Waals surface area (Å²) in [5.74, 6) is -3.00. The van der Waals surface area contributed by atoms with E-state index in [4.69, 9.17) is 39.4 Å². The molecule has 18 heteroatoms. The first-order valence-electron chi connectivity index (χ1n) is 18.1. The molecule has 1 saturated heterocycles.